The second-order valence-corrected chi connectivity index (χ2v) is 8.58. The first kappa shape index (κ1) is 28.6. The van der Waals surface area contributed by atoms with Crippen LogP contribution in [0, 0.1) is 12.3 Å². The minimum absolute atomic E-state index is 0.141. The second kappa shape index (κ2) is 20.1. The number of amides is 1. The summed E-state index contributed by atoms with van der Waals surface area (Å²) in [6.07, 6.45) is 21.2. The Labute approximate surface area is 201 Å². The fraction of sp³-hybridized carbons (Fsp3) is 0.643. The molecule has 0 aliphatic heterocycles. The first-order chi connectivity index (χ1) is 16.2. The SMILES string of the molecule is C#CCOC(=O)NC(Cc1ccccc1)C(=O)OCCCCCCCCCCCCCCC. The van der Waals surface area contributed by atoms with Crippen molar-refractivity contribution in [3.63, 3.8) is 0 Å². The minimum Gasteiger partial charge on any atom is -0.464 e. The molecule has 1 aromatic carbocycles. The van der Waals surface area contributed by atoms with E-state index in [0.29, 0.717) is 13.0 Å². The lowest BCUT2D eigenvalue weighted by Crippen LogP contribution is -2.43. The molecule has 5 heteroatoms. The van der Waals surface area contributed by atoms with Crippen LogP contribution in [-0.4, -0.2) is 31.3 Å². The number of terminal acetylenes is 1. The van der Waals surface area contributed by atoms with E-state index >= 15 is 0 Å². The summed E-state index contributed by atoms with van der Waals surface area (Å²) < 4.78 is 10.3. The topological polar surface area (TPSA) is 64.6 Å². The van der Waals surface area contributed by atoms with Gasteiger partial charge in [0.1, 0.15) is 6.04 Å². The first-order valence-corrected chi connectivity index (χ1v) is 12.7. The van der Waals surface area contributed by atoms with Crippen molar-refractivity contribution in [3.05, 3.63) is 35.9 Å². The van der Waals surface area contributed by atoms with Crippen molar-refractivity contribution in [1.29, 1.82) is 0 Å². The van der Waals surface area contributed by atoms with Gasteiger partial charge in [0, 0.05) is 6.42 Å². The highest BCUT2D eigenvalue weighted by molar-refractivity contribution is 5.81. The van der Waals surface area contributed by atoms with E-state index in [0.717, 1.165) is 24.8 Å². The molecule has 0 heterocycles. The van der Waals surface area contributed by atoms with Gasteiger partial charge in [-0.2, -0.15) is 0 Å². The van der Waals surface area contributed by atoms with E-state index in [9.17, 15) is 9.59 Å². The van der Waals surface area contributed by atoms with Crippen molar-refractivity contribution in [3.8, 4) is 12.3 Å². The molecule has 0 bridgehead atoms. The average Bonchev–Trinajstić information content (AvgIpc) is 2.83. The Hall–Kier alpha value is -2.48. The number of carbonyl (C=O) groups excluding carboxylic acids is 2. The summed E-state index contributed by atoms with van der Waals surface area (Å²) in [5.41, 5.74) is 0.928. The van der Waals surface area contributed by atoms with Gasteiger partial charge >= 0.3 is 12.1 Å². The summed E-state index contributed by atoms with van der Waals surface area (Å²) in [5, 5.41) is 2.57. The highest BCUT2D eigenvalue weighted by Crippen LogP contribution is 2.13. The molecular weight excluding hydrogens is 414 g/mol. The number of rotatable bonds is 19. The zero-order chi connectivity index (χ0) is 24.0. The lowest BCUT2D eigenvalue weighted by Gasteiger charge is -2.17. The van der Waals surface area contributed by atoms with Gasteiger partial charge in [-0.3, -0.25) is 0 Å². The van der Waals surface area contributed by atoms with Crippen LogP contribution in [0.2, 0.25) is 0 Å². The summed E-state index contributed by atoms with van der Waals surface area (Å²) in [6.45, 7) is 2.48. The van der Waals surface area contributed by atoms with Crippen molar-refractivity contribution in [2.24, 2.45) is 0 Å². The van der Waals surface area contributed by atoms with Gasteiger partial charge in [-0.25, -0.2) is 9.59 Å². The molecule has 0 saturated heterocycles. The molecule has 5 nitrogen and oxygen atoms in total. The molecule has 0 saturated carbocycles. The maximum Gasteiger partial charge on any atom is 0.408 e. The van der Waals surface area contributed by atoms with Crippen LogP contribution < -0.4 is 5.32 Å². The Morgan fingerprint density at radius 2 is 1.39 bits per heavy atom. The predicted octanol–water partition coefficient (Wildman–Crippen LogP) is 6.59. The lowest BCUT2D eigenvalue weighted by atomic mass is 10.0. The number of alkyl carbamates (subject to hydrolysis) is 1. The van der Waals surface area contributed by atoms with Crippen molar-refractivity contribution in [2.75, 3.05) is 13.2 Å². The van der Waals surface area contributed by atoms with E-state index in [-0.39, 0.29) is 6.61 Å². The molecular formula is C28H43NO4. The van der Waals surface area contributed by atoms with E-state index < -0.39 is 18.1 Å². The monoisotopic (exact) mass is 457 g/mol. The largest absolute Gasteiger partial charge is 0.464 e. The molecule has 1 N–H and O–H groups in total. The van der Waals surface area contributed by atoms with Gasteiger partial charge in [0.2, 0.25) is 0 Å². The van der Waals surface area contributed by atoms with Crippen LogP contribution >= 0.6 is 0 Å². The summed E-state index contributed by atoms with van der Waals surface area (Å²) in [6, 6.07) is 8.69. The third-order valence-corrected chi connectivity index (χ3v) is 5.64. The summed E-state index contributed by atoms with van der Waals surface area (Å²) in [5.74, 6) is 1.78. The summed E-state index contributed by atoms with van der Waals surface area (Å²) in [4.78, 5) is 24.4. The molecule has 0 aliphatic carbocycles. The van der Waals surface area contributed by atoms with Crippen LogP contribution in [0.25, 0.3) is 0 Å². The average molecular weight is 458 g/mol. The number of esters is 1. The van der Waals surface area contributed by atoms with Crippen molar-refractivity contribution >= 4 is 12.1 Å². The second-order valence-electron chi connectivity index (χ2n) is 8.58. The number of ether oxygens (including phenoxy) is 2. The third-order valence-electron chi connectivity index (χ3n) is 5.64. The molecule has 33 heavy (non-hydrogen) atoms. The first-order valence-electron chi connectivity index (χ1n) is 12.7. The molecule has 1 amide bonds. The Morgan fingerprint density at radius 1 is 0.848 bits per heavy atom. The highest BCUT2D eigenvalue weighted by Gasteiger charge is 2.23. The standard InChI is InChI=1S/C28H43NO4/c1-3-5-6-7-8-9-10-11-12-13-14-15-19-23-32-27(30)26(29-28(31)33-22-4-2)24-25-20-17-16-18-21-25/h2,16-18,20-21,26H,3,5-15,19,22-24H2,1H3,(H,29,31). The summed E-state index contributed by atoms with van der Waals surface area (Å²) in [7, 11) is 0. The maximum absolute atomic E-state index is 12.5. The fourth-order valence-corrected chi connectivity index (χ4v) is 3.73. The number of benzene rings is 1. The van der Waals surface area contributed by atoms with Crippen LogP contribution in [0.3, 0.4) is 0 Å². The van der Waals surface area contributed by atoms with Crippen molar-refractivity contribution in [2.45, 2.75) is 103 Å². The van der Waals surface area contributed by atoms with Gasteiger partial charge in [-0.1, -0.05) is 120 Å². The lowest BCUT2D eigenvalue weighted by molar-refractivity contribution is -0.146. The number of unbranched alkanes of at least 4 members (excludes halogenated alkanes) is 12. The molecule has 1 rings (SSSR count). The zero-order valence-electron chi connectivity index (χ0n) is 20.5. The van der Waals surface area contributed by atoms with Crippen LogP contribution in [0.1, 0.15) is 96.0 Å². The molecule has 0 aromatic heterocycles. The number of hydrogen-bond donors (Lipinski definition) is 1. The van der Waals surface area contributed by atoms with Crippen molar-refractivity contribution in [1.82, 2.24) is 5.32 Å². The number of hydrogen-bond acceptors (Lipinski definition) is 4. The normalized spacial score (nSPS) is 11.4. The molecule has 1 atom stereocenters. The van der Waals surface area contributed by atoms with Gasteiger partial charge in [0.25, 0.3) is 0 Å². The molecule has 1 aromatic rings. The third kappa shape index (κ3) is 15.9. The van der Waals surface area contributed by atoms with Gasteiger partial charge in [-0.05, 0) is 12.0 Å². The molecule has 0 radical (unpaired) electrons. The van der Waals surface area contributed by atoms with E-state index in [2.05, 4.69) is 18.2 Å². The zero-order valence-corrected chi connectivity index (χ0v) is 20.5. The Bertz CT molecular complexity index is 668. The highest BCUT2D eigenvalue weighted by atomic mass is 16.6. The molecule has 1 unspecified atom stereocenters. The molecule has 0 spiro atoms. The van der Waals surface area contributed by atoms with Crippen LogP contribution in [0.5, 0.6) is 0 Å². The number of carbonyl (C=O) groups is 2. The van der Waals surface area contributed by atoms with Gasteiger partial charge in [-0.15, -0.1) is 6.42 Å². The van der Waals surface area contributed by atoms with Gasteiger partial charge in [0.15, 0.2) is 6.61 Å². The van der Waals surface area contributed by atoms with E-state index in [1.54, 1.807) is 0 Å². The van der Waals surface area contributed by atoms with Crippen LogP contribution in [0.4, 0.5) is 4.79 Å². The predicted molar refractivity (Wildman–Crippen MR) is 134 cm³/mol. The van der Waals surface area contributed by atoms with Crippen LogP contribution in [0.15, 0.2) is 30.3 Å². The van der Waals surface area contributed by atoms with Gasteiger partial charge < -0.3 is 14.8 Å². The van der Waals surface area contributed by atoms with E-state index in [4.69, 9.17) is 15.9 Å². The summed E-state index contributed by atoms with van der Waals surface area (Å²) >= 11 is 0. The molecule has 0 aliphatic rings. The van der Waals surface area contributed by atoms with Crippen molar-refractivity contribution < 1.29 is 19.1 Å². The molecule has 184 valence electrons. The van der Waals surface area contributed by atoms with E-state index in [1.807, 2.05) is 30.3 Å². The number of nitrogens with one attached hydrogen (secondary N) is 1. The Kier molecular flexibility index (Phi) is 17.4. The fourth-order valence-electron chi connectivity index (χ4n) is 3.73. The van der Waals surface area contributed by atoms with Gasteiger partial charge in [0.05, 0.1) is 6.61 Å². The quantitative estimate of drug-likeness (QED) is 0.145. The van der Waals surface area contributed by atoms with Crippen LogP contribution in [-0.2, 0) is 20.7 Å². The smallest absolute Gasteiger partial charge is 0.408 e. The minimum atomic E-state index is -0.806. The Balaban J connectivity index is 2.17. The Morgan fingerprint density at radius 3 is 1.94 bits per heavy atom. The van der Waals surface area contributed by atoms with E-state index in [1.165, 1.54) is 64.2 Å². The molecule has 0 fully saturated rings. The maximum atomic E-state index is 12.5.